The summed E-state index contributed by atoms with van der Waals surface area (Å²) in [5.74, 6) is 0. The lowest BCUT2D eigenvalue weighted by molar-refractivity contribution is 1.16. The third-order valence-corrected chi connectivity index (χ3v) is 17.6. The molecule has 0 fully saturated rings. The van der Waals surface area contributed by atoms with Gasteiger partial charge in [-0.1, -0.05) is 54.6 Å². The van der Waals surface area contributed by atoms with E-state index in [-0.39, 0.29) is 0 Å². The van der Waals surface area contributed by atoms with Gasteiger partial charge < -0.3 is 18.6 Å². The van der Waals surface area contributed by atoms with Crippen LogP contribution < -0.4 is 9.80 Å². The molecule has 9 aromatic carbocycles. The Hall–Kier alpha value is -7.82. The molecule has 4 heterocycles. The predicted octanol–water partition coefficient (Wildman–Crippen LogP) is 18.9. The molecule has 0 spiro atoms. The number of hydrogen-bond donors (Lipinski definition) is 0. The Kier molecular flexibility index (Phi) is 9.19. The van der Waals surface area contributed by atoms with Crippen LogP contribution in [0, 0.1) is 90.0 Å². The minimum Gasteiger partial charge on any atom is -0.309 e. The molecule has 4 heteroatoms. The van der Waals surface area contributed by atoms with E-state index in [4.69, 9.17) is 0 Å². The van der Waals surface area contributed by atoms with Crippen LogP contribution >= 0.6 is 0 Å². The summed E-state index contributed by atoms with van der Waals surface area (Å²) in [6.07, 6.45) is 0. The number of para-hydroxylation sites is 2. The number of fused-ring (bicyclic) bond motifs is 12. The molecule has 0 bridgehead atoms. The van der Waals surface area contributed by atoms with Crippen molar-refractivity contribution in [3.05, 3.63) is 200 Å². The standard InChI is InChI=1S/C67H60N4/c1-35-22-25-56(46(12)43(35)9)68(48-28-36(2)41(7)37(3)29-48)59-26-23-50-54-33-63-55(34-62(54)70-57-20-16-14-18-52(57)64(59)66(50)70)51-24-27-60(65-53-19-15-17-21-58(53)71(63)67(51)65)69(49-30-38(4)42(8)39(5)31-49)61-32-40(6)44(10)45(11)47(61)13/h14-34H,1-13H3. The molecule has 0 saturated carbocycles. The van der Waals surface area contributed by atoms with Gasteiger partial charge in [-0.2, -0.15) is 0 Å². The monoisotopic (exact) mass is 920 g/mol. The molecular formula is C67H60N4. The highest BCUT2D eigenvalue weighted by molar-refractivity contribution is 6.32. The van der Waals surface area contributed by atoms with E-state index >= 15 is 0 Å². The molecule has 0 aliphatic heterocycles. The summed E-state index contributed by atoms with van der Waals surface area (Å²) < 4.78 is 5.15. The van der Waals surface area contributed by atoms with Crippen molar-refractivity contribution < 1.29 is 0 Å². The predicted molar refractivity (Wildman–Crippen MR) is 307 cm³/mol. The van der Waals surface area contributed by atoms with Crippen LogP contribution in [0.3, 0.4) is 0 Å². The number of anilines is 6. The molecule has 4 aromatic heterocycles. The zero-order chi connectivity index (χ0) is 49.2. The summed E-state index contributed by atoms with van der Waals surface area (Å²) in [4.78, 5) is 5.10. The van der Waals surface area contributed by atoms with Crippen molar-refractivity contribution in [3.63, 3.8) is 0 Å². The summed E-state index contributed by atoms with van der Waals surface area (Å²) in [7, 11) is 0. The molecule has 0 N–H and O–H groups in total. The Balaban J connectivity index is 1.13. The average Bonchev–Trinajstić information content (AvgIpc) is 4.09. The van der Waals surface area contributed by atoms with Gasteiger partial charge in [0, 0.05) is 65.8 Å². The fraction of sp³-hybridized carbons (Fsp3) is 0.194. The Morgan fingerprint density at radius 3 is 1.14 bits per heavy atom. The summed E-state index contributed by atoms with van der Waals surface area (Å²) in [5, 5.41) is 10.2. The van der Waals surface area contributed by atoms with E-state index in [1.54, 1.807) is 0 Å². The first kappa shape index (κ1) is 43.2. The van der Waals surface area contributed by atoms with Crippen molar-refractivity contribution in [2.45, 2.75) is 90.0 Å². The highest BCUT2D eigenvalue weighted by Crippen LogP contribution is 2.52. The van der Waals surface area contributed by atoms with Crippen LogP contribution in [0.25, 0.3) is 76.2 Å². The normalized spacial score (nSPS) is 12.3. The van der Waals surface area contributed by atoms with Gasteiger partial charge in [-0.3, -0.25) is 0 Å². The van der Waals surface area contributed by atoms with Crippen LogP contribution in [0.5, 0.6) is 0 Å². The largest absolute Gasteiger partial charge is 0.309 e. The fourth-order valence-corrected chi connectivity index (χ4v) is 12.6. The van der Waals surface area contributed by atoms with Gasteiger partial charge in [0.25, 0.3) is 0 Å². The van der Waals surface area contributed by atoms with Crippen LogP contribution in [0.1, 0.15) is 72.3 Å². The van der Waals surface area contributed by atoms with Crippen molar-refractivity contribution in [2.24, 2.45) is 0 Å². The molecule has 348 valence electrons. The first-order chi connectivity index (χ1) is 34.1. The average molecular weight is 921 g/mol. The molecule has 0 radical (unpaired) electrons. The second kappa shape index (κ2) is 15.1. The van der Waals surface area contributed by atoms with Crippen LogP contribution in [0.15, 0.2) is 127 Å². The fourth-order valence-electron chi connectivity index (χ4n) is 12.6. The minimum absolute atomic E-state index is 1.19. The summed E-state index contributed by atoms with van der Waals surface area (Å²) in [6, 6.07) is 49.4. The smallest absolute Gasteiger partial charge is 0.0641 e. The first-order valence-electron chi connectivity index (χ1n) is 25.4. The Bertz CT molecular complexity index is 4390. The first-order valence-corrected chi connectivity index (χ1v) is 25.4. The van der Waals surface area contributed by atoms with E-state index < -0.39 is 0 Å². The van der Waals surface area contributed by atoms with Crippen LogP contribution in [0.4, 0.5) is 34.1 Å². The summed E-state index contributed by atoms with van der Waals surface area (Å²) in [6.45, 7) is 29.4. The molecule has 0 atom stereocenters. The highest BCUT2D eigenvalue weighted by atomic mass is 15.2. The van der Waals surface area contributed by atoms with Crippen molar-refractivity contribution >= 4 is 110 Å². The molecule has 71 heavy (non-hydrogen) atoms. The summed E-state index contributed by atoms with van der Waals surface area (Å²) in [5.41, 5.74) is 31.8. The maximum absolute atomic E-state index is 2.57. The molecule has 4 nitrogen and oxygen atoms in total. The van der Waals surface area contributed by atoms with Gasteiger partial charge in [-0.15, -0.1) is 0 Å². The van der Waals surface area contributed by atoms with Gasteiger partial charge in [0.2, 0.25) is 0 Å². The SMILES string of the molecule is Cc1cc(N(c2ccc(C)c(C)c2C)c2ccc3c4cc5c(cc4n4c6ccccc6c2c34)c2ccc(N(c3cc(C)c(C)c(C)c3)c3cc(C)c(C)c(C)c3C)c3c4ccccc4n5c23)cc(C)c1C. The van der Waals surface area contributed by atoms with E-state index in [0.29, 0.717) is 0 Å². The second-order valence-electron chi connectivity index (χ2n) is 21.1. The maximum Gasteiger partial charge on any atom is 0.0641 e. The molecule has 0 unspecified atom stereocenters. The zero-order valence-electron chi connectivity index (χ0n) is 43.4. The third kappa shape index (κ3) is 5.79. The molecule has 0 amide bonds. The van der Waals surface area contributed by atoms with Crippen molar-refractivity contribution in [1.29, 1.82) is 0 Å². The Labute approximate surface area is 416 Å². The number of hydrogen-bond acceptors (Lipinski definition) is 2. The van der Waals surface area contributed by atoms with Gasteiger partial charge in [0.05, 0.1) is 44.5 Å². The number of benzene rings is 9. The molecule has 0 aliphatic carbocycles. The topological polar surface area (TPSA) is 15.3 Å². The van der Waals surface area contributed by atoms with E-state index in [9.17, 15) is 0 Å². The number of aryl methyl sites for hydroxylation is 6. The van der Waals surface area contributed by atoms with Crippen molar-refractivity contribution in [1.82, 2.24) is 8.80 Å². The lowest BCUT2D eigenvalue weighted by atomic mass is 9.95. The van der Waals surface area contributed by atoms with E-state index in [2.05, 4.69) is 236 Å². The van der Waals surface area contributed by atoms with E-state index in [0.717, 1.165) is 0 Å². The molecule has 0 saturated heterocycles. The lowest BCUT2D eigenvalue weighted by Crippen LogP contribution is -2.14. The van der Waals surface area contributed by atoms with E-state index in [1.165, 1.54) is 183 Å². The quantitative estimate of drug-likeness (QED) is 0.165. The Morgan fingerprint density at radius 1 is 0.268 bits per heavy atom. The summed E-state index contributed by atoms with van der Waals surface area (Å²) >= 11 is 0. The van der Waals surface area contributed by atoms with E-state index in [1.807, 2.05) is 0 Å². The molecular weight excluding hydrogens is 861 g/mol. The highest BCUT2D eigenvalue weighted by Gasteiger charge is 2.29. The van der Waals surface area contributed by atoms with Crippen LogP contribution in [-0.4, -0.2) is 8.80 Å². The minimum atomic E-state index is 1.19. The van der Waals surface area contributed by atoms with Gasteiger partial charge in [0.15, 0.2) is 0 Å². The van der Waals surface area contributed by atoms with Crippen molar-refractivity contribution in [2.75, 3.05) is 9.80 Å². The van der Waals surface area contributed by atoms with Crippen LogP contribution in [-0.2, 0) is 0 Å². The van der Waals surface area contributed by atoms with Gasteiger partial charge in [0.1, 0.15) is 0 Å². The van der Waals surface area contributed by atoms with Gasteiger partial charge in [-0.05, 0) is 235 Å². The third-order valence-electron chi connectivity index (χ3n) is 17.6. The number of nitrogens with zero attached hydrogens (tertiary/aromatic N) is 4. The maximum atomic E-state index is 2.57. The van der Waals surface area contributed by atoms with Gasteiger partial charge >= 0.3 is 0 Å². The Morgan fingerprint density at radius 2 is 0.662 bits per heavy atom. The lowest BCUT2D eigenvalue weighted by Gasteiger charge is -2.30. The second-order valence-corrected chi connectivity index (χ2v) is 21.1. The van der Waals surface area contributed by atoms with Crippen molar-refractivity contribution in [3.8, 4) is 0 Å². The van der Waals surface area contributed by atoms with Gasteiger partial charge in [-0.25, -0.2) is 0 Å². The molecule has 0 aliphatic rings. The molecule has 13 rings (SSSR count). The molecule has 13 aromatic rings. The number of aromatic nitrogens is 2. The number of rotatable bonds is 6. The van der Waals surface area contributed by atoms with Crippen LogP contribution in [0.2, 0.25) is 0 Å². The zero-order valence-corrected chi connectivity index (χ0v) is 43.4.